The Hall–Kier alpha value is -0.524. The Kier molecular flexibility index (Phi) is 20.8. The number of aliphatic carboxylic acids is 4. The molecule has 0 rings (SSSR count). The van der Waals surface area contributed by atoms with E-state index in [2.05, 4.69) is 0 Å². The van der Waals surface area contributed by atoms with E-state index < -0.39 is 23.9 Å². The van der Waals surface area contributed by atoms with E-state index in [4.69, 9.17) is 39.6 Å². The zero-order chi connectivity index (χ0) is 10.3. The van der Waals surface area contributed by atoms with Gasteiger partial charge in [-0.05, 0) is 0 Å². The predicted octanol–water partition coefficient (Wildman–Crippen LogP) is -2.18. The van der Waals surface area contributed by atoms with Gasteiger partial charge in [-0.3, -0.25) is 0 Å². The summed E-state index contributed by atoms with van der Waals surface area (Å²) < 4.78 is 0. The Morgan fingerprint density at radius 1 is 0.571 bits per heavy atom. The standard InChI is InChI=1S/2C2H2O4.K.H3N.H/c2*3-1(4)2(5)6;;;/h2*(H,3,4)(H,5,6);;1H3;. The Balaban J connectivity index is -0.0000000625. The molecule has 0 aromatic carbocycles. The molecule has 0 amide bonds. The zero-order valence-electron chi connectivity index (χ0n) is 6.13. The monoisotopic (exact) mass is 237 g/mol. The molecule has 0 radical (unpaired) electrons. The Bertz CT molecular complexity index is 177. The van der Waals surface area contributed by atoms with Crippen LogP contribution >= 0.6 is 0 Å². The van der Waals surface area contributed by atoms with E-state index in [1.54, 1.807) is 0 Å². The fourth-order valence-corrected chi connectivity index (χ4v) is 0. The fourth-order valence-electron chi connectivity index (χ4n) is 0. The van der Waals surface area contributed by atoms with Crippen molar-refractivity contribution in [3.8, 4) is 0 Å². The molecule has 0 saturated heterocycles. The van der Waals surface area contributed by atoms with Gasteiger partial charge in [-0.25, -0.2) is 19.2 Å². The molecule has 0 bridgehead atoms. The van der Waals surface area contributed by atoms with Crippen LogP contribution < -0.4 is 6.15 Å². The van der Waals surface area contributed by atoms with Gasteiger partial charge in [0.15, 0.2) is 0 Å². The number of rotatable bonds is 0. The molecule has 0 saturated carbocycles. The quantitative estimate of drug-likeness (QED) is 0.231. The van der Waals surface area contributed by atoms with Crippen LogP contribution in [0.1, 0.15) is 0 Å². The van der Waals surface area contributed by atoms with Crippen molar-refractivity contribution in [1.82, 2.24) is 6.15 Å². The van der Waals surface area contributed by atoms with Gasteiger partial charge in [-0.2, -0.15) is 0 Å². The number of hydrogen-bond acceptors (Lipinski definition) is 5. The van der Waals surface area contributed by atoms with Gasteiger partial charge >= 0.3 is 75.3 Å². The molecule has 14 heavy (non-hydrogen) atoms. The molecule has 7 N–H and O–H groups in total. The zero-order valence-corrected chi connectivity index (χ0v) is 6.13. The van der Waals surface area contributed by atoms with Gasteiger partial charge in [0.25, 0.3) is 0 Å². The molecular formula is C4H8KNO8. The molecule has 0 spiro atoms. The summed E-state index contributed by atoms with van der Waals surface area (Å²) in [6, 6.07) is 0. The Labute approximate surface area is 120 Å². The van der Waals surface area contributed by atoms with Crippen molar-refractivity contribution in [2.45, 2.75) is 0 Å². The van der Waals surface area contributed by atoms with Crippen molar-refractivity contribution in [1.29, 1.82) is 0 Å². The van der Waals surface area contributed by atoms with E-state index in [0.717, 1.165) is 0 Å². The van der Waals surface area contributed by atoms with Gasteiger partial charge in [-0.15, -0.1) is 0 Å². The molecule has 0 aromatic heterocycles. The van der Waals surface area contributed by atoms with E-state index in [9.17, 15) is 0 Å². The third kappa shape index (κ3) is 22.5. The number of hydrogen-bond donors (Lipinski definition) is 5. The van der Waals surface area contributed by atoms with Crippen LogP contribution in [0.2, 0.25) is 0 Å². The van der Waals surface area contributed by atoms with Crippen LogP contribution in [0.25, 0.3) is 0 Å². The molecule has 10 heteroatoms. The van der Waals surface area contributed by atoms with E-state index in [1.807, 2.05) is 0 Å². The minimum atomic E-state index is -1.82. The van der Waals surface area contributed by atoms with Gasteiger partial charge in [0.1, 0.15) is 0 Å². The third-order valence-corrected chi connectivity index (χ3v) is 0.366. The van der Waals surface area contributed by atoms with Crippen LogP contribution in [-0.2, 0) is 19.2 Å². The van der Waals surface area contributed by atoms with Crippen molar-refractivity contribution in [3.63, 3.8) is 0 Å². The van der Waals surface area contributed by atoms with Gasteiger partial charge < -0.3 is 26.6 Å². The second kappa shape index (κ2) is 12.5. The van der Waals surface area contributed by atoms with Crippen molar-refractivity contribution in [2.24, 2.45) is 0 Å². The van der Waals surface area contributed by atoms with Crippen LogP contribution in [0.5, 0.6) is 0 Å². The SMILES string of the molecule is N.O=C(O)C(=O)O.O=C(O)C(=O)O.[KH]. The maximum atomic E-state index is 9.10. The molecule has 0 aliphatic heterocycles. The topological polar surface area (TPSA) is 184 Å². The first-order chi connectivity index (χ1) is 5.29. The van der Waals surface area contributed by atoms with Gasteiger partial charge in [-0.1, -0.05) is 0 Å². The van der Waals surface area contributed by atoms with E-state index in [0.29, 0.717) is 0 Å². The second-order valence-corrected chi connectivity index (χ2v) is 1.22. The fraction of sp³-hybridized carbons (Fsp3) is 0. The molecule has 0 fully saturated rings. The van der Waals surface area contributed by atoms with E-state index in [-0.39, 0.29) is 57.5 Å². The van der Waals surface area contributed by atoms with E-state index in [1.165, 1.54) is 0 Å². The summed E-state index contributed by atoms with van der Waals surface area (Å²) in [6.07, 6.45) is 0. The first-order valence-corrected chi connectivity index (χ1v) is 2.21. The summed E-state index contributed by atoms with van der Waals surface area (Å²) in [5, 5.41) is 29.6. The molecule has 0 unspecified atom stereocenters. The van der Waals surface area contributed by atoms with Crippen molar-refractivity contribution < 1.29 is 39.6 Å². The minimum absolute atomic E-state index is 0. The average Bonchev–Trinajstić information content (AvgIpc) is 1.88. The molecule has 0 heterocycles. The van der Waals surface area contributed by atoms with Crippen LogP contribution in [0.15, 0.2) is 0 Å². The van der Waals surface area contributed by atoms with E-state index >= 15 is 0 Å². The van der Waals surface area contributed by atoms with Crippen LogP contribution in [0.4, 0.5) is 0 Å². The van der Waals surface area contributed by atoms with Gasteiger partial charge in [0, 0.05) is 0 Å². The average molecular weight is 237 g/mol. The third-order valence-electron chi connectivity index (χ3n) is 0.366. The molecule has 0 aliphatic rings. The first-order valence-electron chi connectivity index (χ1n) is 2.21. The molecule has 78 valence electrons. The summed E-state index contributed by atoms with van der Waals surface area (Å²) in [4.78, 5) is 36.4. The summed E-state index contributed by atoms with van der Waals surface area (Å²) >= 11 is 0. The summed E-state index contributed by atoms with van der Waals surface area (Å²) in [5.41, 5.74) is 0. The van der Waals surface area contributed by atoms with Crippen LogP contribution in [0, 0.1) is 0 Å². The number of carbonyl (C=O) groups is 4. The summed E-state index contributed by atoms with van der Waals surface area (Å²) in [7, 11) is 0. The molecular weight excluding hydrogens is 229 g/mol. The maximum absolute atomic E-state index is 9.10. The number of carboxylic acid groups (broad SMARTS) is 4. The van der Waals surface area contributed by atoms with Gasteiger partial charge in [0.05, 0.1) is 0 Å². The molecule has 0 atom stereocenters. The van der Waals surface area contributed by atoms with Crippen molar-refractivity contribution >= 4 is 75.3 Å². The van der Waals surface area contributed by atoms with Crippen LogP contribution in [0.3, 0.4) is 0 Å². The second-order valence-electron chi connectivity index (χ2n) is 1.22. The van der Waals surface area contributed by atoms with Gasteiger partial charge in [0.2, 0.25) is 0 Å². The molecule has 0 aromatic rings. The molecule has 9 nitrogen and oxygen atoms in total. The number of carboxylic acids is 4. The first kappa shape index (κ1) is 23.4. The Morgan fingerprint density at radius 2 is 0.643 bits per heavy atom. The normalized spacial score (nSPS) is 6.29. The van der Waals surface area contributed by atoms with Crippen LogP contribution in [-0.4, -0.2) is 95.7 Å². The summed E-state index contributed by atoms with van der Waals surface area (Å²) in [5.74, 6) is -7.30. The van der Waals surface area contributed by atoms with Crippen molar-refractivity contribution in [3.05, 3.63) is 0 Å². The molecule has 0 aliphatic carbocycles. The predicted molar refractivity (Wildman–Crippen MR) is 42.7 cm³/mol. The van der Waals surface area contributed by atoms with Crippen molar-refractivity contribution in [2.75, 3.05) is 0 Å². The Morgan fingerprint density at radius 3 is 0.643 bits per heavy atom. The summed E-state index contributed by atoms with van der Waals surface area (Å²) in [6.45, 7) is 0.